The number of halogens is 2. The Bertz CT molecular complexity index is 898. The molecule has 1 heterocycles. The van der Waals surface area contributed by atoms with Crippen LogP contribution in [-0.2, 0) is 13.0 Å². The monoisotopic (exact) mass is 383 g/mol. The van der Waals surface area contributed by atoms with E-state index in [0.717, 1.165) is 22.6 Å². The molecule has 0 saturated heterocycles. The molecule has 0 spiro atoms. The standard InChI is InChI=1S/C21H19ClFN3O/c22-18-3-1-2-15(12-18)10-11-24-20-9-6-17(14-25-20)21(27)26-13-16-4-7-19(23)8-5-16/h1-9,12,14H,10-11,13H2,(H,24,25)(H,26,27). The Morgan fingerprint density at radius 3 is 2.56 bits per heavy atom. The second-order valence-corrected chi connectivity index (χ2v) is 6.48. The molecule has 0 bridgehead atoms. The molecule has 138 valence electrons. The average Bonchev–Trinajstić information content (AvgIpc) is 2.68. The van der Waals surface area contributed by atoms with Gasteiger partial charge < -0.3 is 10.6 Å². The summed E-state index contributed by atoms with van der Waals surface area (Å²) in [6.45, 7) is 1.04. The van der Waals surface area contributed by atoms with Gasteiger partial charge in [-0.25, -0.2) is 9.37 Å². The van der Waals surface area contributed by atoms with Gasteiger partial charge in [-0.15, -0.1) is 0 Å². The molecule has 0 aliphatic rings. The predicted octanol–water partition coefficient (Wildman–Crippen LogP) is 4.46. The van der Waals surface area contributed by atoms with E-state index in [9.17, 15) is 9.18 Å². The maximum Gasteiger partial charge on any atom is 0.253 e. The largest absolute Gasteiger partial charge is 0.370 e. The summed E-state index contributed by atoms with van der Waals surface area (Å²) in [4.78, 5) is 16.4. The van der Waals surface area contributed by atoms with Gasteiger partial charge >= 0.3 is 0 Å². The molecule has 0 atom stereocenters. The van der Waals surface area contributed by atoms with Crippen LogP contribution in [0.4, 0.5) is 10.2 Å². The van der Waals surface area contributed by atoms with Crippen molar-refractivity contribution in [1.29, 1.82) is 0 Å². The Morgan fingerprint density at radius 2 is 1.85 bits per heavy atom. The zero-order chi connectivity index (χ0) is 19.1. The molecule has 3 rings (SSSR count). The topological polar surface area (TPSA) is 54.0 Å². The number of nitrogens with zero attached hydrogens (tertiary/aromatic N) is 1. The molecular formula is C21H19ClFN3O. The number of hydrogen-bond donors (Lipinski definition) is 2. The highest BCUT2D eigenvalue weighted by Crippen LogP contribution is 2.12. The zero-order valence-electron chi connectivity index (χ0n) is 14.6. The van der Waals surface area contributed by atoms with Gasteiger partial charge in [0.25, 0.3) is 5.91 Å². The number of carbonyl (C=O) groups excluding carboxylic acids is 1. The highest BCUT2D eigenvalue weighted by Gasteiger charge is 2.06. The van der Waals surface area contributed by atoms with Crippen molar-refractivity contribution in [2.45, 2.75) is 13.0 Å². The molecule has 2 N–H and O–H groups in total. The number of benzene rings is 2. The van der Waals surface area contributed by atoms with Crippen LogP contribution in [0, 0.1) is 5.82 Å². The molecule has 3 aromatic rings. The van der Waals surface area contributed by atoms with Gasteiger partial charge in [-0.3, -0.25) is 4.79 Å². The van der Waals surface area contributed by atoms with E-state index in [1.807, 2.05) is 24.3 Å². The lowest BCUT2D eigenvalue weighted by Gasteiger charge is -2.08. The van der Waals surface area contributed by atoms with E-state index in [4.69, 9.17) is 11.6 Å². The molecule has 0 saturated carbocycles. The molecular weight excluding hydrogens is 365 g/mol. The molecule has 0 unspecified atom stereocenters. The van der Waals surface area contributed by atoms with Gasteiger partial charge in [0.2, 0.25) is 0 Å². The first-order valence-corrected chi connectivity index (χ1v) is 8.95. The predicted molar refractivity (Wildman–Crippen MR) is 105 cm³/mol. The molecule has 27 heavy (non-hydrogen) atoms. The van der Waals surface area contributed by atoms with Crippen molar-refractivity contribution in [2.24, 2.45) is 0 Å². The summed E-state index contributed by atoms with van der Waals surface area (Å²) < 4.78 is 12.9. The third-order valence-electron chi connectivity index (χ3n) is 4.00. The molecule has 0 aliphatic heterocycles. The minimum absolute atomic E-state index is 0.225. The number of aromatic nitrogens is 1. The van der Waals surface area contributed by atoms with Gasteiger partial charge in [0.1, 0.15) is 11.6 Å². The molecule has 1 aromatic heterocycles. The Hall–Kier alpha value is -2.92. The molecule has 2 aromatic carbocycles. The van der Waals surface area contributed by atoms with Gasteiger partial charge in [0.15, 0.2) is 0 Å². The van der Waals surface area contributed by atoms with Gasteiger partial charge in [-0.05, 0) is 53.9 Å². The first kappa shape index (κ1) is 18.9. The number of carbonyl (C=O) groups is 1. The summed E-state index contributed by atoms with van der Waals surface area (Å²) in [6, 6.07) is 17.2. The van der Waals surface area contributed by atoms with Crippen LogP contribution < -0.4 is 10.6 Å². The van der Waals surface area contributed by atoms with Gasteiger partial charge in [-0.1, -0.05) is 35.9 Å². The maximum atomic E-state index is 12.9. The first-order chi connectivity index (χ1) is 13.1. The summed E-state index contributed by atoms with van der Waals surface area (Å²) in [6.07, 6.45) is 2.35. The summed E-state index contributed by atoms with van der Waals surface area (Å²) in [5.74, 6) is 0.178. The van der Waals surface area contributed by atoms with E-state index in [2.05, 4.69) is 15.6 Å². The van der Waals surface area contributed by atoms with E-state index in [-0.39, 0.29) is 11.7 Å². The lowest BCUT2D eigenvalue weighted by Crippen LogP contribution is -2.23. The van der Waals surface area contributed by atoms with Crippen LogP contribution in [-0.4, -0.2) is 17.4 Å². The summed E-state index contributed by atoms with van der Waals surface area (Å²) >= 11 is 5.97. The fourth-order valence-corrected chi connectivity index (χ4v) is 2.76. The van der Waals surface area contributed by atoms with Crippen LogP contribution in [0.2, 0.25) is 5.02 Å². The fraction of sp³-hybridized carbons (Fsp3) is 0.143. The highest BCUT2D eigenvalue weighted by molar-refractivity contribution is 6.30. The maximum absolute atomic E-state index is 12.9. The molecule has 4 nitrogen and oxygen atoms in total. The Kier molecular flexibility index (Phi) is 6.39. The second-order valence-electron chi connectivity index (χ2n) is 6.05. The quantitative estimate of drug-likeness (QED) is 0.633. The van der Waals surface area contributed by atoms with E-state index in [1.165, 1.54) is 18.3 Å². The van der Waals surface area contributed by atoms with E-state index in [1.54, 1.807) is 24.3 Å². The third-order valence-corrected chi connectivity index (χ3v) is 4.24. The number of pyridine rings is 1. The molecule has 0 aliphatic carbocycles. The number of anilines is 1. The molecule has 0 fully saturated rings. The number of rotatable bonds is 7. The zero-order valence-corrected chi connectivity index (χ0v) is 15.3. The van der Waals surface area contributed by atoms with Crippen LogP contribution >= 0.6 is 11.6 Å². The second kappa shape index (κ2) is 9.14. The lowest BCUT2D eigenvalue weighted by molar-refractivity contribution is 0.0950. The molecule has 1 amide bonds. The number of nitrogens with one attached hydrogen (secondary N) is 2. The number of hydrogen-bond acceptors (Lipinski definition) is 3. The van der Waals surface area contributed by atoms with Crippen molar-refractivity contribution in [3.05, 3.63) is 94.4 Å². The number of amides is 1. The van der Waals surface area contributed by atoms with Crippen molar-refractivity contribution in [1.82, 2.24) is 10.3 Å². The average molecular weight is 384 g/mol. The summed E-state index contributed by atoms with van der Waals surface area (Å²) in [5, 5.41) is 6.73. The Morgan fingerprint density at radius 1 is 1.04 bits per heavy atom. The van der Waals surface area contributed by atoms with Crippen molar-refractivity contribution in [2.75, 3.05) is 11.9 Å². The fourth-order valence-electron chi connectivity index (χ4n) is 2.55. The highest BCUT2D eigenvalue weighted by atomic mass is 35.5. The molecule has 6 heteroatoms. The minimum atomic E-state index is -0.298. The van der Waals surface area contributed by atoms with Crippen molar-refractivity contribution in [3.63, 3.8) is 0 Å². The van der Waals surface area contributed by atoms with Crippen molar-refractivity contribution >= 4 is 23.3 Å². The van der Waals surface area contributed by atoms with Crippen molar-refractivity contribution < 1.29 is 9.18 Å². The van der Waals surface area contributed by atoms with Crippen LogP contribution in [0.15, 0.2) is 66.9 Å². The van der Waals surface area contributed by atoms with Crippen LogP contribution in [0.1, 0.15) is 21.5 Å². The van der Waals surface area contributed by atoms with Crippen LogP contribution in [0.25, 0.3) is 0 Å². The van der Waals surface area contributed by atoms with Gasteiger partial charge in [0.05, 0.1) is 5.56 Å². The van der Waals surface area contributed by atoms with Gasteiger partial charge in [-0.2, -0.15) is 0 Å². The summed E-state index contributed by atoms with van der Waals surface area (Å²) in [7, 11) is 0. The lowest BCUT2D eigenvalue weighted by atomic mass is 10.1. The SMILES string of the molecule is O=C(NCc1ccc(F)cc1)c1ccc(NCCc2cccc(Cl)c2)nc1. The summed E-state index contributed by atoms with van der Waals surface area (Å²) in [5.41, 5.74) is 2.45. The van der Waals surface area contributed by atoms with Crippen LogP contribution in [0.5, 0.6) is 0 Å². The van der Waals surface area contributed by atoms with E-state index < -0.39 is 0 Å². The van der Waals surface area contributed by atoms with Crippen LogP contribution in [0.3, 0.4) is 0 Å². The first-order valence-electron chi connectivity index (χ1n) is 8.57. The third kappa shape index (κ3) is 5.79. The Labute approximate surface area is 162 Å². The normalized spacial score (nSPS) is 10.4. The minimum Gasteiger partial charge on any atom is -0.370 e. The van der Waals surface area contributed by atoms with E-state index >= 15 is 0 Å². The Balaban J connectivity index is 1.47. The van der Waals surface area contributed by atoms with Crippen molar-refractivity contribution in [3.8, 4) is 0 Å². The van der Waals surface area contributed by atoms with E-state index in [0.29, 0.717) is 24.5 Å². The smallest absolute Gasteiger partial charge is 0.253 e. The van der Waals surface area contributed by atoms with Gasteiger partial charge in [0, 0.05) is 24.3 Å². The molecule has 0 radical (unpaired) electrons.